The van der Waals surface area contributed by atoms with Crippen molar-refractivity contribution in [2.45, 2.75) is 98.4 Å². The van der Waals surface area contributed by atoms with Crippen LogP contribution >= 0.6 is 11.6 Å². The summed E-state index contributed by atoms with van der Waals surface area (Å²) in [6.07, 6.45) is 0.381. The van der Waals surface area contributed by atoms with Crippen LogP contribution < -0.4 is 10.6 Å². The van der Waals surface area contributed by atoms with Gasteiger partial charge >= 0.3 is 6.09 Å². The molecule has 0 aliphatic rings. The second kappa shape index (κ2) is 13.4. The van der Waals surface area contributed by atoms with Gasteiger partial charge in [0.2, 0.25) is 5.91 Å². The van der Waals surface area contributed by atoms with Crippen molar-refractivity contribution in [3.05, 3.63) is 58.6 Å². The van der Waals surface area contributed by atoms with Crippen LogP contribution in [0.25, 0.3) is 0 Å². The van der Waals surface area contributed by atoms with E-state index in [4.69, 9.17) is 16.3 Å². The van der Waals surface area contributed by atoms with Gasteiger partial charge in [0.15, 0.2) is 0 Å². The highest BCUT2D eigenvalue weighted by Crippen LogP contribution is 2.36. The average molecular weight is 574 g/mol. The molecule has 8 nitrogen and oxygen atoms in total. The highest BCUT2D eigenvalue weighted by atomic mass is 35.5. The maximum Gasteiger partial charge on any atom is 0.408 e. The summed E-state index contributed by atoms with van der Waals surface area (Å²) in [6, 6.07) is 9.44. The molecule has 2 aromatic rings. The first-order chi connectivity index (χ1) is 18.5. The molecular weight excluding hydrogens is 530 g/mol. The number of benzene rings is 2. The van der Waals surface area contributed by atoms with Gasteiger partial charge in [0.25, 0.3) is 5.91 Å². The fourth-order valence-corrected chi connectivity index (χ4v) is 4.58. The number of aromatic hydroxyl groups is 1. The lowest BCUT2D eigenvalue weighted by molar-refractivity contribution is -0.148. The molecule has 0 spiro atoms. The number of carbonyl (C=O) groups excluding carboxylic acids is 3. The van der Waals surface area contributed by atoms with Crippen molar-refractivity contribution in [3.8, 4) is 5.75 Å². The Balaban J connectivity index is 2.70. The fraction of sp³-hybridized carbons (Fsp3) is 0.516. The molecule has 0 heterocycles. The second-order valence-electron chi connectivity index (χ2n) is 11.8. The van der Waals surface area contributed by atoms with Gasteiger partial charge in [-0.25, -0.2) is 4.79 Å². The molecule has 9 heteroatoms. The highest BCUT2D eigenvalue weighted by molar-refractivity contribution is 6.34. The molecule has 0 fully saturated rings. The molecule has 0 saturated heterocycles. The second-order valence-corrected chi connectivity index (χ2v) is 12.2. The van der Waals surface area contributed by atoms with Gasteiger partial charge in [-0.2, -0.15) is 0 Å². The van der Waals surface area contributed by atoms with Gasteiger partial charge in [0.1, 0.15) is 23.4 Å². The van der Waals surface area contributed by atoms with Crippen LogP contribution in [0.15, 0.2) is 42.5 Å². The Morgan fingerprint density at radius 2 is 1.68 bits per heavy atom. The van der Waals surface area contributed by atoms with Gasteiger partial charge in [-0.15, -0.1) is 0 Å². The van der Waals surface area contributed by atoms with Gasteiger partial charge in [-0.1, -0.05) is 63.1 Å². The van der Waals surface area contributed by atoms with Gasteiger partial charge in [-0.05, 0) is 83.2 Å². The number of hydrogen-bond acceptors (Lipinski definition) is 5. The number of alkyl carbamates (subject to hydrolysis) is 1. The van der Waals surface area contributed by atoms with Crippen LogP contribution in [0, 0.1) is 12.8 Å². The topological polar surface area (TPSA) is 108 Å². The van der Waals surface area contributed by atoms with Crippen LogP contribution in [-0.2, 0) is 14.3 Å². The molecule has 0 aliphatic heterocycles. The molecule has 0 aromatic heterocycles. The average Bonchev–Trinajstić information content (AvgIpc) is 2.85. The van der Waals surface area contributed by atoms with Crippen LogP contribution in [0.2, 0.25) is 5.02 Å². The number of hydrogen-bond donors (Lipinski definition) is 3. The predicted molar refractivity (Wildman–Crippen MR) is 159 cm³/mol. The van der Waals surface area contributed by atoms with Crippen molar-refractivity contribution in [3.63, 3.8) is 0 Å². The Bertz CT molecular complexity index is 1190. The number of anilines is 1. The number of carbonyl (C=O) groups is 3. The van der Waals surface area contributed by atoms with E-state index in [1.807, 2.05) is 47.6 Å². The molecule has 0 radical (unpaired) electrons. The summed E-state index contributed by atoms with van der Waals surface area (Å²) in [7, 11) is 0. The van der Waals surface area contributed by atoms with E-state index in [0.717, 1.165) is 5.56 Å². The van der Waals surface area contributed by atoms with Crippen LogP contribution in [0.4, 0.5) is 10.5 Å². The van der Waals surface area contributed by atoms with E-state index in [0.29, 0.717) is 29.1 Å². The summed E-state index contributed by atoms with van der Waals surface area (Å²) in [4.78, 5) is 43.0. The van der Waals surface area contributed by atoms with E-state index in [1.54, 1.807) is 45.0 Å². The van der Waals surface area contributed by atoms with Crippen LogP contribution in [0.3, 0.4) is 0 Å². The third-order valence-corrected chi connectivity index (χ3v) is 7.38. The van der Waals surface area contributed by atoms with Crippen molar-refractivity contribution in [2.75, 3.05) is 5.32 Å². The summed E-state index contributed by atoms with van der Waals surface area (Å²) in [5, 5.41) is 16.4. The SMILES string of the molecule is CCC(C)C(NC(=O)OC(C)(C)C)C(=O)N(C(C(=O)Nc1c(C)cccc1Cl)c1cccc(O)c1)C(C)(C)CC. The lowest BCUT2D eigenvalue weighted by Crippen LogP contribution is -2.60. The Hall–Kier alpha value is -3.26. The number of nitrogens with zero attached hydrogens (tertiary/aromatic N) is 1. The summed E-state index contributed by atoms with van der Waals surface area (Å²) in [5.41, 5.74) is 0.0177. The minimum atomic E-state index is -1.16. The van der Waals surface area contributed by atoms with E-state index >= 15 is 0 Å². The third-order valence-electron chi connectivity index (χ3n) is 7.07. The number of phenolic OH excluding ortho intramolecular Hbond substituents is 1. The van der Waals surface area contributed by atoms with E-state index in [9.17, 15) is 19.5 Å². The number of rotatable bonds is 10. The Labute approximate surface area is 243 Å². The molecule has 0 aliphatic carbocycles. The molecule has 3 atom stereocenters. The fourth-order valence-electron chi connectivity index (χ4n) is 4.31. The molecule has 40 heavy (non-hydrogen) atoms. The minimum Gasteiger partial charge on any atom is -0.508 e. The number of halogens is 1. The summed E-state index contributed by atoms with van der Waals surface area (Å²) < 4.78 is 5.47. The Kier molecular flexibility index (Phi) is 11.0. The molecule has 0 saturated carbocycles. The number of ether oxygens (including phenoxy) is 1. The number of aryl methyl sites for hydroxylation is 1. The van der Waals surface area contributed by atoms with Crippen LogP contribution in [-0.4, -0.2) is 45.1 Å². The lowest BCUT2D eigenvalue weighted by Gasteiger charge is -2.45. The zero-order valence-electron chi connectivity index (χ0n) is 25.1. The first kappa shape index (κ1) is 32.9. The van der Waals surface area contributed by atoms with Gasteiger partial charge in [0, 0.05) is 5.54 Å². The molecule has 3 unspecified atom stereocenters. The van der Waals surface area contributed by atoms with Gasteiger partial charge in [-0.3, -0.25) is 9.59 Å². The van der Waals surface area contributed by atoms with Gasteiger partial charge < -0.3 is 25.4 Å². The smallest absolute Gasteiger partial charge is 0.408 e. The Morgan fingerprint density at radius 1 is 1.05 bits per heavy atom. The van der Waals surface area contributed by atoms with E-state index < -0.39 is 41.1 Å². The molecule has 2 aromatic carbocycles. The number of para-hydroxylation sites is 1. The molecule has 3 N–H and O–H groups in total. The van der Waals surface area contributed by atoms with Crippen molar-refractivity contribution < 1.29 is 24.2 Å². The third kappa shape index (κ3) is 8.37. The van der Waals surface area contributed by atoms with Crippen molar-refractivity contribution in [1.82, 2.24) is 10.2 Å². The molecular formula is C31H44ClN3O5. The van der Waals surface area contributed by atoms with Crippen molar-refractivity contribution in [2.24, 2.45) is 5.92 Å². The van der Waals surface area contributed by atoms with Crippen LogP contribution in [0.5, 0.6) is 5.75 Å². The van der Waals surface area contributed by atoms with E-state index in [-0.39, 0.29) is 11.7 Å². The zero-order valence-corrected chi connectivity index (χ0v) is 25.8. The first-order valence-electron chi connectivity index (χ1n) is 13.7. The summed E-state index contributed by atoms with van der Waals surface area (Å²) >= 11 is 6.43. The maximum atomic E-state index is 14.5. The molecule has 220 valence electrons. The maximum absolute atomic E-state index is 14.5. The monoisotopic (exact) mass is 573 g/mol. The lowest BCUT2D eigenvalue weighted by atomic mass is 9.89. The molecule has 3 amide bonds. The van der Waals surface area contributed by atoms with Crippen LogP contribution in [0.1, 0.15) is 85.4 Å². The summed E-state index contributed by atoms with van der Waals surface area (Å²) in [6.45, 7) is 16.5. The van der Waals surface area contributed by atoms with E-state index in [1.165, 1.54) is 17.0 Å². The normalized spacial score (nSPS) is 14.1. The standard InChI is InChI=1S/C31H44ClN3O5/c1-10-19(3)25(34-29(39)40-30(5,6)7)28(38)35(31(8,9)11-2)26(21-15-13-16-22(36)18-21)27(37)33-24-20(4)14-12-17-23(24)32/h12-19,25-26,36H,10-11H2,1-9H3,(H,33,37)(H,34,39). The quantitative estimate of drug-likeness (QED) is 0.284. The van der Waals surface area contributed by atoms with Crippen molar-refractivity contribution >= 4 is 35.2 Å². The summed E-state index contributed by atoms with van der Waals surface area (Å²) in [5.74, 6) is -1.26. The predicted octanol–water partition coefficient (Wildman–Crippen LogP) is 6.99. The highest BCUT2D eigenvalue weighted by Gasteiger charge is 2.44. The number of phenols is 1. The van der Waals surface area contributed by atoms with E-state index in [2.05, 4.69) is 10.6 Å². The number of amides is 3. The van der Waals surface area contributed by atoms with Crippen molar-refractivity contribution in [1.29, 1.82) is 0 Å². The molecule has 0 bridgehead atoms. The number of nitrogens with one attached hydrogen (secondary N) is 2. The Morgan fingerprint density at radius 3 is 2.20 bits per heavy atom. The zero-order chi connectivity index (χ0) is 30.4. The first-order valence-corrected chi connectivity index (χ1v) is 14.1. The molecule has 2 rings (SSSR count). The minimum absolute atomic E-state index is 0.0451. The largest absolute Gasteiger partial charge is 0.508 e. The van der Waals surface area contributed by atoms with Gasteiger partial charge in [0.05, 0.1) is 10.7 Å².